The largest absolute Gasteiger partial charge is 0.468 e. The number of allylic oxidation sites excluding steroid dienone is 1. The minimum Gasteiger partial charge on any atom is -0.468 e. The van der Waals surface area contributed by atoms with Gasteiger partial charge in [0.2, 0.25) is 0 Å². The number of aliphatic hydroxyl groups excluding tert-OH is 3. The van der Waals surface area contributed by atoms with E-state index in [1.54, 1.807) is 0 Å². The average Bonchev–Trinajstić information content (AvgIpc) is 2.80. The first-order chi connectivity index (χ1) is 17.0. The summed E-state index contributed by atoms with van der Waals surface area (Å²) < 4.78 is 5.34. The monoisotopic (exact) mass is 518 g/mol. The molecule has 4 N–H and O–H groups in total. The molecule has 0 aromatic heterocycles. The highest BCUT2D eigenvalue weighted by Gasteiger charge is 2.73. The number of rotatable bonds is 1. The lowest BCUT2D eigenvalue weighted by molar-refractivity contribution is -0.245. The van der Waals surface area contributed by atoms with Gasteiger partial charge >= 0.3 is 5.97 Å². The van der Waals surface area contributed by atoms with Crippen LogP contribution in [-0.4, -0.2) is 57.4 Å². The van der Waals surface area contributed by atoms with Gasteiger partial charge in [-0.25, -0.2) is 0 Å². The molecule has 5 aliphatic carbocycles. The molecule has 210 valence electrons. The van der Waals surface area contributed by atoms with Crippen molar-refractivity contribution in [1.29, 1.82) is 0 Å². The quantitative estimate of drug-likeness (QED) is 0.306. The highest BCUT2D eigenvalue weighted by Crippen LogP contribution is 2.76. The molecule has 0 aromatic rings. The molecule has 0 saturated heterocycles. The molecule has 4 fully saturated rings. The first kappa shape index (κ1) is 27.6. The molecule has 5 rings (SSSR count). The van der Waals surface area contributed by atoms with Crippen LogP contribution in [-0.2, 0) is 9.53 Å². The molecule has 0 unspecified atom stereocenters. The Balaban J connectivity index is 1.67. The molecular formula is C31H50O6. The molecule has 0 heterocycles. The first-order valence-corrected chi connectivity index (χ1v) is 14.5. The Labute approximate surface area is 222 Å². The van der Waals surface area contributed by atoms with E-state index in [0.717, 1.165) is 31.3 Å². The van der Waals surface area contributed by atoms with Crippen molar-refractivity contribution in [3.8, 4) is 0 Å². The Bertz CT molecular complexity index is 1000. The Morgan fingerprint density at radius 1 is 1.00 bits per heavy atom. The van der Waals surface area contributed by atoms with Gasteiger partial charge in [0.1, 0.15) is 5.41 Å². The lowest BCUT2D eigenvalue weighted by Crippen LogP contribution is -2.71. The smallest absolute Gasteiger partial charge is 0.315 e. The molecule has 5 aliphatic rings. The number of carbonyl (C=O) groups is 1. The van der Waals surface area contributed by atoms with Gasteiger partial charge < -0.3 is 25.2 Å². The van der Waals surface area contributed by atoms with Crippen molar-refractivity contribution in [3.63, 3.8) is 0 Å². The lowest BCUT2D eigenvalue weighted by Gasteiger charge is -2.72. The third-order valence-corrected chi connectivity index (χ3v) is 13.6. The Morgan fingerprint density at radius 2 is 1.65 bits per heavy atom. The normalized spacial score (nSPS) is 56.6. The summed E-state index contributed by atoms with van der Waals surface area (Å²) in [7, 11) is 1.39. The van der Waals surface area contributed by atoms with Crippen LogP contribution < -0.4 is 0 Å². The van der Waals surface area contributed by atoms with Gasteiger partial charge in [-0.2, -0.15) is 0 Å². The van der Waals surface area contributed by atoms with Crippen molar-refractivity contribution in [2.75, 3.05) is 7.11 Å². The minimum atomic E-state index is -1.15. The van der Waals surface area contributed by atoms with Gasteiger partial charge in [0.25, 0.3) is 0 Å². The fourth-order valence-electron chi connectivity index (χ4n) is 11.2. The van der Waals surface area contributed by atoms with E-state index >= 15 is 0 Å². The van der Waals surface area contributed by atoms with Crippen LogP contribution in [0.1, 0.15) is 93.4 Å². The maximum Gasteiger partial charge on any atom is 0.315 e. The highest BCUT2D eigenvalue weighted by molar-refractivity contribution is 5.80. The molecule has 0 aliphatic heterocycles. The number of hydrogen-bond donors (Lipinski definition) is 4. The van der Waals surface area contributed by atoms with Crippen LogP contribution in [0.4, 0.5) is 0 Å². The Morgan fingerprint density at radius 3 is 2.27 bits per heavy atom. The van der Waals surface area contributed by atoms with Gasteiger partial charge in [-0.3, -0.25) is 4.79 Å². The van der Waals surface area contributed by atoms with E-state index in [1.807, 2.05) is 13.8 Å². The highest BCUT2D eigenvalue weighted by atomic mass is 16.5. The molecule has 6 heteroatoms. The Hall–Kier alpha value is -0.950. The fraction of sp³-hybridized carbons (Fsp3) is 0.903. The number of fused-ring (bicyclic) bond motifs is 7. The SMILES string of the molecule is COC(=O)[C@@]12CC[C@]3(C)C(=CC[C@@H]4[C@@]5(C)C[C@@H](O)[C@@H](O)C(C)(C)[C@@H]5CC[C@]43C)[C@@H]1[C@](C)(O)[C@H](C)C[C@@H]2O. The predicted molar refractivity (Wildman–Crippen MR) is 141 cm³/mol. The van der Waals surface area contributed by atoms with Crippen LogP contribution in [0.2, 0.25) is 0 Å². The molecule has 4 saturated carbocycles. The maximum atomic E-state index is 13.5. The predicted octanol–water partition coefficient (Wildman–Crippen LogP) is 4.23. The van der Waals surface area contributed by atoms with Gasteiger partial charge in [0, 0.05) is 5.92 Å². The number of methoxy groups -OCH3 is 1. The van der Waals surface area contributed by atoms with Crippen molar-refractivity contribution < 1.29 is 30.0 Å². The van der Waals surface area contributed by atoms with Crippen molar-refractivity contribution in [3.05, 3.63) is 11.6 Å². The van der Waals surface area contributed by atoms with E-state index in [0.29, 0.717) is 31.1 Å². The van der Waals surface area contributed by atoms with Crippen molar-refractivity contribution in [1.82, 2.24) is 0 Å². The second-order valence-electron chi connectivity index (χ2n) is 15.2. The van der Waals surface area contributed by atoms with Gasteiger partial charge in [-0.1, -0.05) is 53.2 Å². The molecule has 12 atom stereocenters. The number of ether oxygens (including phenoxy) is 1. The van der Waals surface area contributed by atoms with Gasteiger partial charge in [-0.05, 0) is 91.3 Å². The fourth-order valence-corrected chi connectivity index (χ4v) is 11.2. The molecular weight excluding hydrogens is 468 g/mol. The summed E-state index contributed by atoms with van der Waals surface area (Å²) in [4.78, 5) is 13.5. The Kier molecular flexibility index (Phi) is 6.01. The van der Waals surface area contributed by atoms with Crippen molar-refractivity contribution in [2.45, 2.75) is 117 Å². The third kappa shape index (κ3) is 3.10. The van der Waals surface area contributed by atoms with Gasteiger partial charge in [0.05, 0.1) is 31.0 Å². The molecule has 0 bridgehead atoms. The molecule has 0 radical (unpaired) electrons. The van der Waals surface area contributed by atoms with Crippen LogP contribution in [0.15, 0.2) is 11.6 Å². The topological polar surface area (TPSA) is 107 Å². The summed E-state index contributed by atoms with van der Waals surface area (Å²) in [5.74, 6) is -0.483. The molecule has 6 nitrogen and oxygen atoms in total. The number of esters is 1. The van der Waals surface area contributed by atoms with Crippen molar-refractivity contribution >= 4 is 5.97 Å². The van der Waals surface area contributed by atoms with E-state index in [4.69, 9.17) is 4.74 Å². The lowest BCUT2D eigenvalue weighted by atomic mass is 9.32. The zero-order valence-corrected chi connectivity index (χ0v) is 24.2. The van der Waals surface area contributed by atoms with Crippen LogP contribution in [0, 0.1) is 50.7 Å². The summed E-state index contributed by atoms with van der Waals surface area (Å²) >= 11 is 0. The van der Waals surface area contributed by atoms with Gasteiger partial charge in [0.15, 0.2) is 0 Å². The summed E-state index contributed by atoms with van der Waals surface area (Å²) in [6.45, 7) is 15.1. The van der Waals surface area contributed by atoms with E-state index in [9.17, 15) is 25.2 Å². The summed E-state index contributed by atoms with van der Waals surface area (Å²) in [5.41, 5.74) is -2.07. The molecule has 0 amide bonds. The standard InChI is InChI=1S/C31H50O6/c1-17-15-22(33)31(25(35)37-8)14-13-28(5)18(23(31)30(17,7)36)9-10-21-27(4)16-19(32)24(34)26(2,3)20(27)11-12-29(21,28)6/h9,17,19-24,32-34,36H,10-16H2,1-8H3/t17-,19-,20+,21-,22+,23-,24-,27+,28-,29-,30-,31-/m1/s1. The third-order valence-electron chi connectivity index (χ3n) is 13.6. The molecule has 37 heavy (non-hydrogen) atoms. The number of aliphatic hydroxyl groups is 4. The number of hydrogen-bond acceptors (Lipinski definition) is 6. The van der Waals surface area contributed by atoms with E-state index in [-0.39, 0.29) is 27.6 Å². The van der Waals surface area contributed by atoms with E-state index in [2.05, 4.69) is 40.7 Å². The number of carbonyl (C=O) groups excluding carboxylic acids is 1. The van der Waals surface area contributed by atoms with E-state index in [1.165, 1.54) is 7.11 Å². The van der Waals surface area contributed by atoms with Crippen LogP contribution in [0.25, 0.3) is 0 Å². The van der Waals surface area contributed by atoms with E-state index < -0.39 is 41.2 Å². The minimum absolute atomic E-state index is 0.107. The van der Waals surface area contributed by atoms with Crippen molar-refractivity contribution in [2.24, 2.45) is 50.7 Å². The second kappa shape index (κ2) is 8.05. The first-order valence-electron chi connectivity index (χ1n) is 14.5. The van der Waals surface area contributed by atoms with Crippen LogP contribution in [0.5, 0.6) is 0 Å². The summed E-state index contributed by atoms with van der Waals surface area (Å²) in [6, 6.07) is 0. The van der Waals surface area contributed by atoms with Gasteiger partial charge in [-0.15, -0.1) is 0 Å². The molecule has 0 aromatic carbocycles. The maximum absolute atomic E-state index is 13.5. The van der Waals surface area contributed by atoms with Crippen LogP contribution >= 0.6 is 0 Å². The zero-order chi connectivity index (χ0) is 27.6. The molecule has 0 spiro atoms. The second-order valence-corrected chi connectivity index (χ2v) is 15.2. The summed E-state index contributed by atoms with van der Waals surface area (Å²) in [5, 5.41) is 45.4. The zero-order valence-electron chi connectivity index (χ0n) is 24.2. The average molecular weight is 519 g/mol. The van der Waals surface area contributed by atoms with Crippen LogP contribution in [0.3, 0.4) is 0 Å². The summed E-state index contributed by atoms with van der Waals surface area (Å²) in [6.07, 6.45) is 4.93.